The van der Waals surface area contributed by atoms with E-state index in [1.807, 2.05) is 0 Å². The van der Waals surface area contributed by atoms with Crippen LogP contribution in [0.5, 0.6) is 0 Å². The van der Waals surface area contributed by atoms with E-state index in [0.29, 0.717) is 5.92 Å². The molecule has 2 heterocycles. The van der Waals surface area contributed by atoms with Crippen LogP contribution in [0.1, 0.15) is 45.4 Å². The van der Waals surface area contributed by atoms with E-state index in [2.05, 4.69) is 6.92 Å². The standard InChI is InChI=1S/C18H25F3N2O4/c1-11-2-4-13(5-3-11)23-9-12(8-14(23)24)15(25)22-7-6-17(10-22,16(26)27)18(19,20)21/h11-13H,2-10H2,1H3,(H,26,27). The molecule has 152 valence electrons. The number of amides is 2. The second-order valence-electron chi connectivity index (χ2n) is 8.26. The van der Waals surface area contributed by atoms with Crippen LogP contribution in [0.15, 0.2) is 0 Å². The summed E-state index contributed by atoms with van der Waals surface area (Å²) in [4.78, 5) is 39.0. The van der Waals surface area contributed by atoms with Crippen LogP contribution in [-0.4, -0.2) is 64.5 Å². The SMILES string of the molecule is CC1CCC(N2CC(C(=O)N3CCC(C(=O)O)(C(F)(F)F)C3)CC2=O)CC1. The first-order valence-corrected chi connectivity index (χ1v) is 9.43. The second kappa shape index (κ2) is 6.98. The number of nitrogens with zero attached hydrogens (tertiary/aromatic N) is 2. The maximum Gasteiger partial charge on any atom is 0.406 e. The van der Waals surface area contributed by atoms with Gasteiger partial charge in [-0.25, -0.2) is 0 Å². The molecule has 0 aromatic carbocycles. The van der Waals surface area contributed by atoms with Gasteiger partial charge in [0.05, 0.1) is 5.92 Å². The molecule has 2 unspecified atom stereocenters. The second-order valence-corrected chi connectivity index (χ2v) is 8.26. The molecule has 27 heavy (non-hydrogen) atoms. The van der Waals surface area contributed by atoms with E-state index in [1.165, 1.54) is 0 Å². The summed E-state index contributed by atoms with van der Waals surface area (Å²) in [7, 11) is 0. The van der Waals surface area contributed by atoms with E-state index in [-0.39, 0.29) is 31.5 Å². The molecule has 0 bridgehead atoms. The molecule has 3 fully saturated rings. The summed E-state index contributed by atoms with van der Waals surface area (Å²) in [6.07, 6.45) is -1.78. The molecule has 3 aliphatic rings. The van der Waals surface area contributed by atoms with Crippen LogP contribution in [0.3, 0.4) is 0 Å². The van der Waals surface area contributed by atoms with Crippen molar-refractivity contribution in [2.75, 3.05) is 19.6 Å². The van der Waals surface area contributed by atoms with E-state index in [0.717, 1.165) is 30.6 Å². The van der Waals surface area contributed by atoms with Crippen molar-refractivity contribution in [1.82, 2.24) is 9.80 Å². The molecule has 1 saturated carbocycles. The Kier molecular flexibility index (Phi) is 5.16. The van der Waals surface area contributed by atoms with Crippen LogP contribution in [0.4, 0.5) is 13.2 Å². The van der Waals surface area contributed by atoms with Crippen LogP contribution in [0.2, 0.25) is 0 Å². The van der Waals surface area contributed by atoms with Crippen LogP contribution < -0.4 is 0 Å². The van der Waals surface area contributed by atoms with Gasteiger partial charge in [-0.3, -0.25) is 14.4 Å². The lowest BCUT2D eigenvalue weighted by atomic mass is 9.86. The van der Waals surface area contributed by atoms with Gasteiger partial charge in [-0.05, 0) is 38.0 Å². The minimum Gasteiger partial charge on any atom is -0.481 e. The summed E-state index contributed by atoms with van der Waals surface area (Å²) in [6, 6.07) is 0.0957. The first-order chi connectivity index (χ1) is 12.5. The zero-order valence-corrected chi connectivity index (χ0v) is 15.3. The van der Waals surface area contributed by atoms with Gasteiger partial charge in [-0.1, -0.05) is 6.92 Å². The summed E-state index contributed by atoms with van der Waals surface area (Å²) >= 11 is 0. The number of alkyl halides is 3. The van der Waals surface area contributed by atoms with Gasteiger partial charge < -0.3 is 14.9 Å². The number of hydrogen-bond donors (Lipinski definition) is 1. The highest BCUT2D eigenvalue weighted by atomic mass is 19.4. The van der Waals surface area contributed by atoms with Crippen molar-refractivity contribution in [3.8, 4) is 0 Å². The van der Waals surface area contributed by atoms with Gasteiger partial charge in [0, 0.05) is 32.1 Å². The number of carboxylic acid groups (broad SMARTS) is 1. The van der Waals surface area contributed by atoms with Gasteiger partial charge in [0.1, 0.15) is 0 Å². The van der Waals surface area contributed by atoms with Crippen molar-refractivity contribution in [2.45, 2.75) is 57.7 Å². The number of aliphatic carboxylic acids is 1. The molecule has 2 amide bonds. The number of carbonyl (C=O) groups is 3. The van der Waals surface area contributed by atoms with E-state index in [9.17, 15) is 27.6 Å². The smallest absolute Gasteiger partial charge is 0.406 e. The Morgan fingerprint density at radius 3 is 2.33 bits per heavy atom. The Morgan fingerprint density at radius 2 is 1.81 bits per heavy atom. The van der Waals surface area contributed by atoms with E-state index >= 15 is 0 Å². The fraction of sp³-hybridized carbons (Fsp3) is 0.833. The first kappa shape index (κ1) is 19.9. The number of rotatable bonds is 3. The van der Waals surface area contributed by atoms with Crippen molar-refractivity contribution in [3.63, 3.8) is 0 Å². The maximum absolute atomic E-state index is 13.3. The number of hydrogen-bond acceptors (Lipinski definition) is 3. The molecule has 2 atom stereocenters. The number of likely N-dealkylation sites (tertiary alicyclic amines) is 2. The highest BCUT2D eigenvalue weighted by Crippen LogP contribution is 2.46. The quantitative estimate of drug-likeness (QED) is 0.802. The summed E-state index contributed by atoms with van der Waals surface area (Å²) < 4.78 is 39.9. The molecule has 2 saturated heterocycles. The Labute approximate surface area is 155 Å². The Bertz CT molecular complexity index is 631. The fourth-order valence-electron chi connectivity index (χ4n) is 4.59. The lowest BCUT2D eigenvalue weighted by Gasteiger charge is -2.33. The van der Waals surface area contributed by atoms with Crippen molar-refractivity contribution in [3.05, 3.63) is 0 Å². The van der Waals surface area contributed by atoms with E-state index in [1.54, 1.807) is 4.90 Å². The largest absolute Gasteiger partial charge is 0.481 e. The molecule has 3 rings (SSSR count). The van der Waals surface area contributed by atoms with Crippen LogP contribution in [0, 0.1) is 17.3 Å². The van der Waals surface area contributed by atoms with Crippen molar-refractivity contribution < 1.29 is 32.7 Å². The predicted molar refractivity (Wildman–Crippen MR) is 88.6 cm³/mol. The van der Waals surface area contributed by atoms with E-state index in [4.69, 9.17) is 5.11 Å². The lowest BCUT2D eigenvalue weighted by molar-refractivity contribution is -0.227. The molecular weight excluding hydrogens is 365 g/mol. The highest BCUT2D eigenvalue weighted by Gasteiger charge is 2.64. The molecule has 0 spiro atoms. The molecular formula is C18H25F3N2O4. The number of carbonyl (C=O) groups excluding carboxylic acids is 2. The van der Waals surface area contributed by atoms with Gasteiger partial charge in [-0.15, -0.1) is 0 Å². The average molecular weight is 390 g/mol. The molecule has 6 nitrogen and oxygen atoms in total. The molecule has 0 radical (unpaired) electrons. The zero-order chi connectivity index (χ0) is 20.0. The molecule has 0 aromatic rings. The van der Waals surface area contributed by atoms with E-state index < -0.39 is 42.4 Å². The predicted octanol–water partition coefficient (Wildman–Crippen LogP) is 2.28. The maximum atomic E-state index is 13.3. The molecule has 9 heteroatoms. The molecule has 1 aliphatic carbocycles. The van der Waals surface area contributed by atoms with Gasteiger partial charge in [0.2, 0.25) is 11.8 Å². The topological polar surface area (TPSA) is 77.9 Å². The zero-order valence-electron chi connectivity index (χ0n) is 15.3. The monoisotopic (exact) mass is 390 g/mol. The highest BCUT2D eigenvalue weighted by molar-refractivity contribution is 5.90. The Balaban J connectivity index is 1.65. The summed E-state index contributed by atoms with van der Waals surface area (Å²) in [5, 5.41) is 9.12. The summed E-state index contributed by atoms with van der Waals surface area (Å²) in [5.41, 5.74) is -2.91. The third kappa shape index (κ3) is 3.52. The lowest BCUT2D eigenvalue weighted by Crippen LogP contribution is -2.48. The minimum atomic E-state index is -4.93. The normalized spacial score (nSPS) is 35.0. The molecule has 2 aliphatic heterocycles. The van der Waals surface area contributed by atoms with Crippen LogP contribution >= 0.6 is 0 Å². The average Bonchev–Trinajstić information content (AvgIpc) is 3.19. The van der Waals surface area contributed by atoms with Gasteiger partial charge >= 0.3 is 12.1 Å². The molecule has 1 N–H and O–H groups in total. The minimum absolute atomic E-state index is 0.00647. The Morgan fingerprint density at radius 1 is 1.19 bits per heavy atom. The fourth-order valence-corrected chi connectivity index (χ4v) is 4.59. The Hall–Kier alpha value is -1.80. The first-order valence-electron chi connectivity index (χ1n) is 9.43. The van der Waals surface area contributed by atoms with Crippen molar-refractivity contribution in [1.29, 1.82) is 0 Å². The summed E-state index contributed by atoms with van der Waals surface area (Å²) in [6.45, 7) is 1.25. The third-order valence-corrected chi connectivity index (χ3v) is 6.47. The van der Waals surface area contributed by atoms with Crippen LogP contribution in [0.25, 0.3) is 0 Å². The van der Waals surface area contributed by atoms with Crippen molar-refractivity contribution in [2.24, 2.45) is 17.3 Å². The number of carboxylic acids is 1. The summed E-state index contributed by atoms with van der Waals surface area (Å²) in [5.74, 6) is -2.69. The van der Waals surface area contributed by atoms with Gasteiger partial charge in [0.15, 0.2) is 5.41 Å². The third-order valence-electron chi connectivity index (χ3n) is 6.47. The van der Waals surface area contributed by atoms with Gasteiger partial charge in [0.25, 0.3) is 0 Å². The van der Waals surface area contributed by atoms with Crippen LogP contribution in [-0.2, 0) is 14.4 Å². The number of halogens is 3. The van der Waals surface area contributed by atoms with Gasteiger partial charge in [-0.2, -0.15) is 13.2 Å². The van der Waals surface area contributed by atoms with Crippen molar-refractivity contribution >= 4 is 17.8 Å². The molecule has 0 aromatic heterocycles.